The highest BCUT2D eigenvalue weighted by atomic mass is 16.2. The number of rotatable bonds is 10. The number of nitrogens with zero attached hydrogens (tertiary/aromatic N) is 1. The van der Waals surface area contributed by atoms with Crippen LogP contribution >= 0.6 is 0 Å². The number of carbonyl (C=O) groups is 2. The molecule has 2 amide bonds. The Bertz CT molecular complexity index is 841. The van der Waals surface area contributed by atoms with E-state index in [1.807, 2.05) is 52.0 Å². The Morgan fingerprint density at radius 2 is 1.48 bits per heavy atom. The first-order valence-corrected chi connectivity index (χ1v) is 11.5. The maximum atomic E-state index is 13.2. The van der Waals surface area contributed by atoms with Crippen molar-refractivity contribution < 1.29 is 9.59 Å². The molecular weight excluding hydrogens is 384 g/mol. The minimum Gasteiger partial charge on any atom is -0.352 e. The van der Waals surface area contributed by atoms with E-state index in [-0.39, 0.29) is 17.9 Å². The number of carbonyl (C=O) groups excluding carboxylic acids is 2. The van der Waals surface area contributed by atoms with E-state index in [4.69, 9.17) is 0 Å². The lowest BCUT2D eigenvalue weighted by atomic mass is 10.00. The molecule has 0 fully saturated rings. The van der Waals surface area contributed by atoms with Crippen LogP contribution in [-0.2, 0) is 22.6 Å². The Morgan fingerprint density at radius 3 is 2.03 bits per heavy atom. The van der Waals surface area contributed by atoms with Gasteiger partial charge in [0.2, 0.25) is 11.8 Å². The molecule has 2 aromatic rings. The fourth-order valence-electron chi connectivity index (χ4n) is 3.40. The van der Waals surface area contributed by atoms with Gasteiger partial charge in [0.15, 0.2) is 0 Å². The van der Waals surface area contributed by atoms with Crippen LogP contribution in [0, 0.1) is 6.92 Å². The van der Waals surface area contributed by atoms with Gasteiger partial charge in [0.1, 0.15) is 6.04 Å². The second kappa shape index (κ2) is 11.7. The number of hydrogen-bond acceptors (Lipinski definition) is 2. The molecule has 0 aliphatic carbocycles. The number of benzene rings is 2. The monoisotopic (exact) mass is 422 g/mol. The lowest BCUT2D eigenvalue weighted by molar-refractivity contribution is -0.140. The number of hydrogen-bond donors (Lipinski definition) is 1. The molecule has 31 heavy (non-hydrogen) atoms. The van der Waals surface area contributed by atoms with Gasteiger partial charge in [-0.15, -0.1) is 0 Å². The Morgan fingerprint density at radius 1 is 0.903 bits per heavy atom. The van der Waals surface area contributed by atoms with E-state index in [0.717, 1.165) is 17.5 Å². The highest BCUT2D eigenvalue weighted by Gasteiger charge is 2.26. The maximum absolute atomic E-state index is 13.2. The number of aryl methyl sites for hydroxylation is 2. The molecule has 0 unspecified atom stereocenters. The lowest BCUT2D eigenvalue weighted by Gasteiger charge is -2.30. The second-order valence-electron chi connectivity index (χ2n) is 8.90. The second-order valence-corrected chi connectivity index (χ2v) is 8.90. The predicted molar refractivity (Wildman–Crippen MR) is 128 cm³/mol. The summed E-state index contributed by atoms with van der Waals surface area (Å²) in [6, 6.07) is 16.2. The molecular formula is C27H38N2O2. The molecule has 0 aliphatic rings. The summed E-state index contributed by atoms with van der Waals surface area (Å²) in [7, 11) is 0. The van der Waals surface area contributed by atoms with Crippen molar-refractivity contribution in [2.45, 2.75) is 85.4 Å². The number of nitrogens with one attached hydrogen (secondary N) is 1. The summed E-state index contributed by atoms with van der Waals surface area (Å²) in [6.45, 7) is 12.7. The topological polar surface area (TPSA) is 49.4 Å². The van der Waals surface area contributed by atoms with Crippen LogP contribution in [-0.4, -0.2) is 28.8 Å². The minimum absolute atomic E-state index is 0.000289. The summed E-state index contributed by atoms with van der Waals surface area (Å²) in [5.41, 5.74) is 4.65. The van der Waals surface area contributed by atoms with Gasteiger partial charge in [-0.2, -0.15) is 0 Å². The largest absolute Gasteiger partial charge is 0.352 e. The average Bonchev–Trinajstić information content (AvgIpc) is 2.76. The molecule has 4 heteroatoms. The molecule has 1 N–H and O–H groups in total. The minimum atomic E-state index is -0.522. The van der Waals surface area contributed by atoms with E-state index in [2.05, 4.69) is 43.4 Å². The highest BCUT2D eigenvalue weighted by Crippen LogP contribution is 2.17. The molecule has 0 bridgehead atoms. The van der Waals surface area contributed by atoms with E-state index in [1.165, 1.54) is 11.1 Å². The zero-order valence-corrected chi connectivity index (χ0v) is 19.9. The van der Waals surface area contributed by atoms with Gasteiger partial charge in [0.25, 0.3) is 0 Å². The van der Waals surface area contributed by atoms with E-state index < -0.39 is 6.04 Å². The van der Waals surface area contributed by atoms with E-state index >= 15 is 0 Å². The van der Waals surface area contributed by atoms with Crippen molar-refractivity contribution in [2.24, 2.45) is 0 Å². The highest BCUT2D eigenvalue weighted by molar-refractivity contribution is 5.87. The molecule has 2 aromatic carbocycles. The first kappa shape index (κ1) is 24.6. The molecule has 0 saturated heterocycles. The van der Waals surface area contributed by atoms with Gasteiger partial charge >= 0.3 is 0 Å². The molecule has 0 radical (unpaired) electrons. The third-order valence-electron chi connectivity index (χ3n) is 5.92. The number of amides is 2. The van der Waals surface area contributed by atoms with Crippen molar-refractivity contribution in [3.63, 3.8) is 0 Å². The summed E-state index contributed by atoms with van der Waals surface area (Å²) in [5, 5.41) is 3.02. The van der Waals surface area contributed by atoms with Gasteiger partial charge in [-0.25, -0.2) is 0 Å². The first-order valence-electron chi connectivity index (χ1n) is 11.5. The van der Waals surface area contributed by atoms with Gasteiger partial charge in [-0.05, 0) is 56.2 Å². The standard InChI is InChI=1S/C27H38N2O2/c1-7-21(5)28-27(31)22(6)29(18-24-10-8-20(4)9-11-24)26(30)17-14-23-12-15-25(16-13-23)19(2)3/h8-13,15-16,19,21-22H,7,14,17-18H2,1-6H3,(H,28,31)/t21-,22+/m1/s1. The Hall–Kier alpha value is -2.62. The molecule has 4 nitrogen and oxygen atoms in total. The smallest absolute Gasteiger partial charge is 0.242 e. The Balaban J connectivity index is 2.12. The third-order valence-corrected chi connectivity index (χ3v) is 5.92. The summed E-state index contributed by atoms with van der Waals surface area (Å²) in [4.78, 5) is 27.7. The molecule has 2 atom stereocenters. The van der Waals surface area contributed by atoms with Crippen LogP contribution in [0.3, 0.4) is 0 Å². The van der Waals surface area contributed by atoms with Crippen LogP contribution in [0.15, 0.2) is 48.5 Å². The summed E-state index contributed by atoms with van der Waals surface area (Å²) in [6.07, 6.45) is 1.91. The van der Waals surface area contributed by atoms with Crippen LogP contribution in [0.4, 0.5) is 0 Å². The van der Waals surface area contributed by atoms with Crippen LogP contribution < -0.4 is 5.32 Å². The van der Waals surface area contributed by atoms with Crippen molar-refractivity contribution in [1.82, 2.24) is 10.2 Å². The molecule has 2 rings (SSSR count). The Labute approximate surface area is 188 Å². The van der Waals surface area contributed by atoms with Crippen LogP contribution in [0.2, 0.25) is 0 Å². The van der Waals surface area contributed by atoms with Gasteiger partial charge in [0, 0.05) is 19.0 Å². The zero-order chi connectivity index (χ0) is 23.0. The average molecular weight is 423 g/mol. The Kier molecular flexibility index (Phi) is 9.29. The molecule has 0 spiro atoms. The lowest BCUT2D eigenvalue weighted by Crippen LogP contribution is -2.49. The van der Waals surface area contributed by atoms with E-state index in [1.54, 1.807) is 4.90 Å². The molecule has 0 saturated carbocycles. The van der Waals surface area contributed by atoms with E-state index in [0.29, 0.717) is 25.3 Å². The van der Waals surface area contributed by atoms with Crippen LogP contribution in [0.25, 0.3) is 0 Å². The van der Waals surface area contributed by atoms with Crippen molar-refractivity contribution >= 4 is 11.8 Å². The first-order chi connectivity index (χ1) is 14.7. The third kappa shape index (κ3) is 7.54. The van der Waals surface area contributed by atoms with Gasteiger partial charge in [-0.1, -0.05) is 74.9 Å². The quantitative estimate of drug-likeness (QED) is 0.559. The van der Waals surface area contributed by atoms with Crippen molar-refractivity contribution in [3.05, 3.63) is 70.8 Å². The van der Waals surface area contributed by atoms with Crippen LogP contribution in [0.5, 0.6) is 0 Å². The van der Waals surface area contributed by atoms with Gasteiger partial charge in [0.05, 0.1) is 0 Å². The van der Waals surface area contributed by atoms with Crippen molar-refractivity contribution in [3.8, 4) is 0 Å². The molecule has 168 valence electrons. The maximum Gasteiger partial charge on any atom is 0.242 e. The fourth-order valence-corrected chi connectivity index (χ4v) is 3.40. The van der Waals surface area contributed by atoms with Gasteiger partial charge < -0.3 is 10.2 Å². The SMILES string of the molecule is CC[C@@H](C)NC(=O)[C@H](C)N(Cc1ccc(C)cc1)C(=O)CCc1ccc(C(C)C)cc1. The van der Waals surface area contributed by atoms with Gasteiger partial charge in [-0.3, -0.25) is 9.59 Å². The molecule has 0 aromatic heterocycles. The fraction of sp³-hybridized carbons (Fsp3) is 0.481. The van der Waals surface area contributed by atoms with E-state index in [9.17, 15) is 9.59 Å². The summed E-state index contributed by atoms with van der Waals surface area (Å²) < 4.78 is 0. The predicted octanol–water partition coefficient (Wildman–Crippen LogP) is 5.38. The zero-order valence-electron chi connectivity index (χ0n) is 19.9. The summed E-state index contributed by atoms with van der Waals surface area (Å²) in [5.74, 6) is 0.391. The van der Waals surface area contributed by atoms with Crippen molar-refractivity contribution in [1.29, 1.82) is 0 Å². The van der Waals surface area contributed by atoms with Crippen LogP contribution in [0.1, 0.15) is 75.6 Å². The van der Waals surface area contributed by atoms with Crippen molar-refractivity contribution in [2.75, 3.05) is 0 Å². The molecule has 0 aliphatic heterocycles. The molecule has 0 heterocycles. The normalized spacial score (nSPS) is 13.0. The summed E-state index contributed by atoms with van der Waals surface area (Å²) >= 11 is 0.